The molecule has 2 heterocycles. The molecule has 2 aromatic rings. The molecule has 0 aliphatic heterocycles. The second kappa shape index (κ2) is 2.68. The molecule has 1 nitrogen and oxygen atoms in total. The van der Waals surface area contributed by atoms with Crippen molar-refractivity contribution >= 4 is 22.7 Å². The second-order valence-corrected chi connectivity index (χ2v) is 3.98. The average molecular weight is 182 g/mol. The molecule has 0 atom stereocenters. The molecule has 0 fully saturated rings. The lowest BCUT2D eigenvalue weighted by Crippen LogP contribution is -1.60. The van der Waals surface area contributed by atoms with Crippen LogP contribution in [0.1, 0.15) is 0 Å². The van der Waals surface area contributed by atoms with E-state index in [9.17, 15) is 5.11 Å². The zero-order chi connectivity index (χ0) is 7.68. The van der Waals surface area contributed by atoms with Gasteiger partial charge in [0.05, 0.1) is 4.88 Å². The quantitative estimate of drug-likeness (QED) is 0.718. The minimum absolute atomic E-state index is 0.387. The number of hydrogen-bond acceptors (Lipinski definition) is 3. The van der Waals surface area contributed by atoms with Crippen LogP contribution in [0.25, 0.3) is 9.75 Å². The molecule has 0 aromatic carbocycles. The average Bonchev–Trinajstić information content (AvgIpc) is 2.55. The molecule has 0 unspecified atom stereocenters. The van der Waals surface area contributed by atoms with E-state index in [4.69, 9.17) is 0 Å². The summed E-state index contributed by atoms with van der Waals surface area (Å²) in [6.45, 7) is 0. The van der Waals surface area contributed by atoms with Crippen LogP contribution >= 0.6 is 22.7 Å². The van der Waals surface area contributed by atoms with Gasteiger partial charge in [-0.2, -0.15) is 0 Å². The summed E-state index contributed by atoms with van der Waals surface area (Å²) in [7, 11) is 0. The maximum atomic E-state index is 9.34. The van der Waals surface area contributed by atoms with Gasteiger partial charge in [0.15, 0.2) is 0 Å². The highest BCUT2D eigenvalue weighted by molar-refractivity contribution is 7.20. The van der Waals surface area contributed by atoms with Crippen molar-refractivity contribution in [3.8, 4) is 15.5 Å². The van der Waals surface area contributed by atoms with Gasteiger partial charge in [-0.05, 0) is 22.9 Å². The summed E-state index contributed by atoms with van der Waals surface area (Å²) < 4.78 is 0. The van der Waals surface area contributed by atoms with Crippen LogP contribution in [0.3, 0.4) is 0 Å². The Kier molecular flexibility index (Phi) is 1.68. The number of aromatic hydroxyl groups is 1. The van der Waals surface area contributed by atoms with Crippen molar-refractivity contribution in [3.63, 3.8) is 0 Å². The van der Waals surface area contributed by atoms with Gasteiger partial charge in [-0.15, -0.1) is 22.7 Å². The smallest absolute Gasteiger partial charge is 0.134 e. The maximum absolute atomic E-state index is 9.34. The first-order valence-corrected chi connectivity index (χ1v) is 4.94. The third-order valence-electron chi connectivity index (χ3n) is 1.39. The van der Waals surface area contributed by atoms with Crippen LogP contribution in [0.2, 0.25) is 0 Å². The van der Waals surface area contributed by atoms with Gasteiger partial charge in [0, 0.05) is 4.88 Å². The molecule has 3 heteroatoms. The van der Waals surface area contributed by atoms with E-state index in [0.29, 0.717) is 5.75 Å². The molecule has 2 rings (SSSR count). The monoisotopic (exact) mass is 182 g/mol. The van der Waals surface area contributed by atoms with E-state index in [1.165, 1.54) is 0 Å². The van der Waals surface area contributed by atoms with Gasteiger partial charge in [0.25, 0.3) is 0 Å². The van der Waals surface area contributed by atoms with Crippen LogP contribution in [0.4, 0.5) is 0 Å². The van der Waals surface area contributed by atoms with E-state index < -0.39 is 0 Å². The summed E-state index contributed by atoms with van der Waals surface area (Å²) in [5.41, 5.74) is 0. The Labute approximate surface area is 72.6 Å². The molecule has 0 saturated carbocycles. The zero-order valence-electron chi connectivity index (χ0n) is 5.65. The first kappa shape index (κ1) is 6.88. The van der Waals surface area contributed by atoms with Gasteiger partial charge >= 0.3 is 0 Å². The minimum atomic E-state index is 0.387. The zero-order valence-corrected chi connectivity index (χ0v) is 7.28. The van der Waals surface area contributed by atoms with Crippen molar-refractivity contribution in [1.29, 1.82) is 0 Å². The normalized spacial score (nSPS) is 10.2. The van der Waals surface area contributed by atoms with Gasteiger partial charge in [-0.1, -0.05) is 6.07 Å². The fourth-order valence-corrected chi connectivity index (χ4v) is 2.56. The van der Waals surface area contributed by atoms with Gasteiger partial charge in [0.2, 0.25) is 0 Å². The predicted octanol–water partition coefficient (Wildman–Crippen LogP) is 3.18. The Morgan fingerprint density at radius 1 is 1.09 bits per heavy atom. The van der Waals surface area contributed by atoms with E-state index in [2.05, 4.69) is 0 Å². The SMILES string of the molecule is Oc1ccsc1-c1cccs1. The summed E-state index contributed by atoms with van der Waals surface area (Å²) >= 11 is 3.21. The van der Waals surface area contributed by atoms with Crippen LogP contribution < -0.4 is 0 Å². The molecule has 11 heavy (non-hydrogen) atoms. The standard InChI is InChI=1S/C8H6OS2/c9-6-3-5-11-8(6)7-2-1-4-10-7/h1-5,9H. The second-order valence-electron chi connectivity index (χ2n) is 2.11. The Morgan fingerprint density at radius 3 is 2.55 bits per heavy atom. The predicted molar refractivity (Wildman–Crippen MR) is 49.3 cm³/mol. The van der Waals surface area contributed by atoms with E-state index in [-0.39, 0.29) is 0 Å². The highest BCUT2D eigenvalue weighted by Gasteiger charge is 2.04. The van der Waals surface area contributed by atoms with Crippen molar-refractivity contribution in [2.45, 2.75) is 0 Å². The van der Waals surface area contributed by atoms with Gasteiger partial charge in [0.1, 0.15) is 5.75 Å². The van der Waals surface area contributed by atoms with Crippen LogP contribution in [-0.4, -0.2) is 5.11 Å². The molecular weight excluding hydrogens is 176 g/mol. The van der Waals surface area contributed by atoms with E-state index in [0.717, 1.165) is 9.75 Å². The van der Waals surface area contributed by atoms with Crippen LogP contribution in [0.15, 0.2) is 29.0 Å². The Hall–Kier alpha value is -0.800. The molecule has 0 radical (unpaired) electrons. The van der Waals surface area contributed by atoms with Crippen LogP contribution in [-0.2, 0) is 0 Å². The summed E-state index contributed by atoms with van der Waals surface area (Å²) in [6.07, 6.45) is 0. The van der Waals surface area contributed by atoms with Crippen molar-refractivity contribution in [2.75, 3.05) is 0 Å². The molecule has 0 amide bonds. The molecule has 56 valence electrons. The Morgan fingerprint density at radius 2 is 2.00 bits per heavy atom. The topological polar surface area (TPSA) is 20.2 Å². The van der Waals surface area contributed by atoms with Gasteiger partial charge < -0.3 is 5.11 Å². The molecule has 1 N–H and O–H groups in total. The van der Waals surface area contributed by atoms with Crippen molar-refractivity contribution in [2.24, 2.45) is 0 Å². The van der Waals surface area contributed by atoms with Gasteiger partial charge in [-0.3, -0.25) is 0 Å². The molecule has 0 aliphatic rings. The number of hydrogen-bond donors (Lipinski definition) is 1. The van der Waals surface area contributed by atoms with Crippen LogP contribution in [0.5, 0.6) is 5.75 Å². The van der Waals surface area contributed by atoms with Gasteiger partial charge in [-0.25, -0.2) is 0 Å². The molecule has 0 saturated heterocycles. The lowest BCUT2D eigenvalue weighted by atomic mass is 10.4. The third-order valence-corrected chi connectivity index (χ3v) is 3.34. The van der Waals surface area contributed by atoms with Crippen LogP contribution in [0, 0.1) is 0 Å². The number of thiophene rings is 2. The van der Waals surface area contributed by atoms with Crippen molar-refractivity contribution in [1.82, 2.24) is 0 Å². The fraction of sp³-hybridized carbons (Fsp3) is 0. The molecule has 2 aromatic heterocycles. The summed E-state index contributed by atoms with van der Waals surface area (Å²) in [6, 6.07) is 5.72. The Bertz CT molecular complexity index is 335. The van der Waals surface area contributed by atoms with Crippen molar-refractivity contribution < 1.29 is 5.11 Å². The summed E-state index contributed by atoms with van der Waals surface area (Å²) in [5, 5.41) is 13.2. The van der Waals surface area contributed by atoms with E-state index in [1.54, 1.807) is 28.7 Å². The molecular formula is C8H6OS2. The fourth-order valence-electron chi connectivity index (χ4n) is 0.895. The first-order chi connectivity index (χ1) is 5.38. The van der Waals surface area contributed by atoms with E-state index >= 15 is 0 Å². The summed E-state index contributed by atoms with van der Waals surface area (Å²) in [4.78, 5) is 2.11. The molecule has 0 spiro atoms. The third kappa shape index (κ3) is 1.17. The lowest BCUT2D eigenvalue weighted by Gasteiger charge is -1.90. The highest BCUT2D eigenvalue weighted by Crippen LogP contribution is 2.36. The largest absolute Gasteiger partial charge is 0.506 e. The van der Waals surface area contributed by atoms with Crippen molar-refractivity contribution in [3.05, 3.63) is 29.0 Å². The lowest BCUT2D eigenvalue weighted by molar-refractivity contribution is 0.480. The van der Waals surface area contributed by atoms with E-state index in [1.807, 2.05) is 22.9 Å². The number of rotatable bonds is 1. The molecule has 0 bridgehead atoms. The first-order valence-electron chi connectivity index (χ1n) is 3.18. The summed E-state index contributed by atoms with van der Waals surface area (Å²) in [5.74, 6) is 0.387. The Balaban J connectivity index is 2.53. The maximum Gasteiger partial charge on any atom is 0.134 e. The minimum Gasteiger partial charge on any atom is -0.506 e. The molecule has 0 aliphatic carbocycles. The highest BCUT2D eigenvalue weighted by atomic mass is 32.1.